The first-order valence-corrected chi connectivity index (χ1v) is 5.06. The molecule has 12 heavy (non-hydrogen) atoms. The van der Waals surface area contributed by atoms with E-state index >= 15 is 0 Å². The van der Waals surface area contributed by atoms with Gasteiger partial charge in [-0.1, -0.05) is 0 Å². The summed E-state index contributed by atoms with van der Waals surface area (Å²) in [6, 6.07) is 2.27. The SMILES string of the molecule is Cl.NCCc1sccc1C1CC1. The molecule has 3 heteroatoms. The molecule has 2 rings (SSSR count). The third-order valence-electron chi connectivity index (χ3n) is 2.17. The first kappa shape index (κ1) is 10.0. The number of hydrogen-bond donors (Lipinski definition) is 1. The highest BCUT2D eigenvalue weighted by Gasteiger charge is 2.25. The maximum Gasteiger partial charge on any atom is 0.00925 e. The fraction of sp³-hybridized carbons (Fsp3) is 0.556. The van der Waals surface area contributed by atoms with Crippen molar-refractivity contribution < 1.29 is 0 Å². The largest absolute Gasteiger partial charge is 0.330 e. The van der Waals surface area contributed by atoms with Gasteiger partial charge in [0.15, 0.2) is 0 Å². The standard InChI is InChI=1S/C9H13NS.ClH/c10-5-3-9-8(4-6-11-9)7-1-2-7;/h4,6-7H,1-3,5,10H2;1H. The second kappa shape index (κ2) is 4.26. The Kier molecular flexibility index (Phi) is 3.56. The molecule has 0 amide bonds. The van der Waals surface area contributed by atoms with E-state index in [2.05, 4.69) is 11.4 Å². The Morgan fingerprint density at radius 3 is 2.83 bits per heavy atom. The van der Waals surface area contributed by atoms with Gasteiger partial charge in [-0.25, -0.2) is 0 Å². The molecule has 1 heterocycles. The fourth-order valence-corrected chi connectivity index (χ4v) is 2.43. The molecule has 1 aliphatic carbocycles. The second-order valence-corrected chi connectivity index (χ2v) is 4.11. The Balaban J connectivity index is 0.000000720. The molecule has 0 atom stereocenters. The van der Waals surface area contributed by atoms with Crippen LogP contribution in [0.2, 0.25) is 0 Å². The Labute approximate surface area is 83.4 Å². The van der Waals surface area contributed by atoms with Crippen molar-refractivity contribution in [1.82, 2.24) is 0 Å². The molecule has 1 aromatic heterocycles. The summed E-state index contributed by atoms with van der Waals surface area (Å²) >= 11 is 1.86. The molecule has 0 aromatic carbocycles. The smallest absolute Gasteiger partial charge is 0.00925 e. The number of thiophene rings is 1. The lowest BCUT2D eigenvalue weighted by molar-refractivity contribution is 0.961. The summed E-state index contributed by atoms with van der Waals surface area (Å²) in [5.41, 5.74) is 7.10. The Hall–Kier alpha value is -0.0500. The number of halogens is 1. The molecule has 1 saturated carbocycles. The van der Waals surface area contributed by atoms with Crippen molar-refractivity contribution in [2.75, 3.05) is 6.54 Å². The van der Waals surface area contributed by atoms with Gasteiger partial charge in [-0.15, -0.1) is 23.7 Å². The molecule has 0 saturated heterocycles. The Morgan fingerprint density at radius 2 is 2.25 bits per heavy atom. The monoisotopic (exact) mass is 203 g/mol. The quantitative estimate of drug-likeness (QED) is 0.803. The van der Waals surface area contributed by atoms with Crippen molar-refractivity contribution in [3.8, 4) is 0 Å². The molecule has 1 aromatic rings. The van der Waals surface area contributed by atoms with Crippen molar-refractivity contribution in [1.29, 1.82) is 0 Å². The molecule has 0 unspecified atom stereocenters. The predicted molar refractivity (Wildman–Crippen MR) is 56.3 cm³/mol. The molecule has 1 nitrogen and oxygen atoms in total. The van der Waals surface area contributed by atoms with Crippen LogP contribution in [0.25, 0.3) is 0 Å². The number of nitrogens with two attached hydrogens (primary N) is 1. The molecule has 0 bridgehead atoms. The normalized spacial score (nSPS) is 15.8. The van der Waals surface area contributed by atoms with Crippen LogP contribution in [0.5, 0.6) is 0 Å². The first-order chi connectivity index (χ1) is 5.42. The van der Waals surface area contributed by atoms with E-state index in [1.807, 2.05) is 11.3 Å². The zero-order valence-corrected chi connectivity index (χ0v) is 8.59. The number of rotatable bonds is 3. The maximum atomic E-state index is 5.52. The predicted octanol–water partition coefficient (Wildman–Crippen LogP) is 2.55. The van der Waals surface area contributed by atoms with Crippen LogP contribution < -0.4 is 5.73 Å². The van der Waals surface area contributed by atoms with Gasteiger partial charge in [-0.2, -0.15) is 0 Å². The van der Waals surface area contributed by atoms with Crippen LogP contribution in [-0.4, -0.2) is 6.54 Å². The average Bonchev–Trinajstić information content (AvgIpc) is 2.75. The summed E-state index contributed by atoms with van der Waals surface area (Å²) in [6.07, 6.45) is 3.87. The minimum atomic E-state index is 0. The van der Waals surface area contributed by atoms with Crippen molar-refractivity contribution in [3.05, 3.63) is 21.9 Å². The van der Waals surface area contributed by atoms with Gasteiger partial charge >= 0.3 is 0 Å². The van der Waals surface area contributed by atoms with Crippen molar-refractivity contribution in [2.24, 2.45) is 5.73 Å². The average molecular weight is 204 g/mol. The summed E-state index contributed by atoms with van der Waals surface area (Å²) in [7, 11) is 0. The third-order valence-corrected chi connectivity index (χ3v) is 3.16. The molecule has 2 N–H and O–H groups in total. The van der Waals surface area contributed by atoms with E-state index in [1.54, 1.807) is 5.56 Å². The van der Waals surface area contributed by atoms with Gasteiger partial charge in [-0.3, -0.25) is 0 Å². The van der Waals surface area contributed by atoms with Gasteiger partial charge < -0.3 is 5.73 Å². The fourth-order valence-electron chi connectivity index (χ4n) is 1.44. The first-order valence-electron chi connectivity index (χ1n) is 4.18. The summed E-state index contributed by atoms with van der Waals surface area (Å²) in [6.45, 7) is 0.792. The van der Waals surface area contributed by atoms with Crippen molar-refractivity contribution in [2.45, 2.75) is 25.2 Å². The zero-order chi connectivity index (χ0) is 7.68. The van der Waals surface area contributed by atoms with Crippen LogP contribution in [0.4, 0.5) is 0 Å². The minimum Gasteiger partial charge on any atom is -0.330 e. The summed E-state index contributed by atoms with van der Waals surface area (Å²) in [5, 5.41) is 2.19. The van der Waals surface area contributed by atoms with Crippen LogP contribution >= 0.6 is 23.7 Å². The van der Waals surface area contributed by atoms with Gasteiger partial charge in [0.2, 0.25) is 0 Å². The summed E-state index contributed by atoms with van der Waals surface area (Å²) in [4.78, 5) is 1.52. The third kappa shape index (κ3) is 2.00. The van der Waals surface area contributed by atoms with Crippen molar-refractivity contribution in [3.63, 3.8) is 0 Å². The molecule has 1 aliphatic rings. The van der Waals surface area contributed by atoms with Gasteiger partial charge in [0.05, 0.1) is 0 Å². The minimum absolute atomic E-state index is 0. The van der Waals surface area contributed by atoms with Crippen LogP contribution in [0, 0.1) is 0 Å². The molecular formula is C9H14ClNS. The van der Waals surface area contributed by atoms with E-state index in [0.717, 1.165) is 18.9 Å². The highest BCUT2D eigenvalue weighted by Crippen LogP contribution is 2.43. The van der Waals surface area contributed by atoms with Crippen LogP contribution in [0.15, 0.2) is 11.4 Å². The molecule has 68 valence electrons. The van der Waals surface area contributed by atoms with Crippen LogP contribution in [0.1, 0.15) is 29.2 Å². The van der Waals surface area contributed by atoms with Gasteiger partial charge in [0.1, 0.15) is 0 Å². The van der Waals surface area contributed by atoms with E-state index in [4.69, 9.17) is 5.73 Å². The van der Waals surface area contributed by atoms with Crippen molar-refractivity contribution >= 4 is 23.7 Å². The highest BCUT2D eigenvalue weighted by atomic mass is 35.5. The highest BCUT2D eigenvalue weighted by molar-refractivity contribution is 7.10. The molecule has 0 aliphatic heterocycles. The second-order valence-electron chi connectivity index (χ2n) is 3.11. The van der Waals surface area contributed by atoms with E-state index in [-0.39, 0.29) is 12.4 Å². The van der Waals surface area contributed by atoms with E-state index in [9.17, 15) is 0 Å². The Bertz CT molecular complexity index is 242. The van der Waals surface area contributed by atoms with Crippen LogP contribution in [-0.2, 0) is 6.42 Å². The van der Waals surface area contributed by atoms with Gasteiger partial charge in [0.25, 0.3) is 0 Å². The topological polar surface area (TPSA) is 26.0 Å². The zero-order valence-electron chi connectivity index (χ0n) is 6.95. The summed E-state index contributed by atoms with van der Waals surface area (Å²) < 4.78 is 0. The van der Waals surface area contributed by atoms with Gasteiger partial charge in [-0.05, 0) is 48.7 Å². The molecule has 1 fully saturated rings. The maximum absolute atomic E-state index is 5.52. The number of hydrogen-bond acceptors (Lipinski definition) is 2. The Morgan fingerprint density at radius 1 is 1.50 bits per heavy atom. The molecule has 0 spiro atoms. The summed E-state index contributed by atoms with van der Waals surface area (Å²) in [5.74, 6) is 0.891. The van der Waals surface area contributed by atoms with E-state index < -0.39 is 0 Å². The van der Waals surface area contributed by atoms with Crippen LogP contribution in [0.3, 0.4) is 0 Å². The van der Waals surface area contributed by atoms with E-state index in [0.29, 0.717) is 0 Å². The van der Waals surface area contributed by atoms with Gasteiger partial charge in [0, 0.05) is 4.88 Å². The molecular weight excluding hydrogens is 190 g/mol. The van der Waals surface area contributed by atoms with E-state index in [1.165, 1.54) is 17.7 Å². The lowest BCUT2D eigenvalue weighted by atomic mass is 10.1. The lowest BCUT2D eigenvalue weighted by Gasteiger charge is -1.98. The lowest BCUT2D eigenvalue weighted by Crippen LogP contribution is -2.02. The molecule has 0 radical (unpaired) electrons.